The normalized spacial score (nSPS) is 15.8. The predicted molar refractivity (Wildman–Crippen MR) is 56.3 cm³/mol. The van der Waals surface area contributed by atoms with Crippen molar-refractivity contribution in [3.05, 3.63) is 0 Å². The fraction of sp³-hybridized carbons (Fsp3) is 1.00. The summed E-state index contributed by atoms with van der Waals surface area (Å²) in [6.45, 7) is -3.73. The van der Waals surface area contributed by atoms with Gasteiger partial charge in [0.25, 0.3) is 0 Å². The summed E-state index contributed by atoms with van der Waals surface area (Å²) < 4.78 is 238. The first-order valence-electron chi connectivity index (χ1n) is 6.18. The van der Waals surface area contributed by atoms with Gasteiger partial charge in [0, 0.05) is 0 Å². The monoisotopic (exact) mass is 534 g/mol. The van der Waals surface area contributed by atoms with E-state index in [1.807, 2.05) is 0 Å². The molecule has 0 aliphatic carbocycles. The first-order chi connectivity index (χ1) is 12.7. The Morgan fingerprint density at radius 2 is 0.935 bits per heavy atom. The fourth-order valence-corrected chi connectivity index (χ4v) is 1.70. The van der Waals surface area contributed by atoms with Crippen LogP contribution in [0.25, 0.3) is 0 Å². The molecule has 0 aromatic carbocycles. The Balaban J connectivity index is 0. The summed E-state index contributed by atoms with van der Waals surface area (Å²) in [5.74, 6) is -56.4. The van der Waals surface area contributed by atoms with Gasteiger partial charge in [0.1, 0.15) is 6.61 Å². The minimum atomic E-state index is -8.61. The minimum Gasteiger partial charge on any atom is -0.726 e. The van der Waals surface area contributed by atoms with Crippen molar-refractivity contribution < 1.29 is 117 Å². The van der Waals surface area contributed by atoms with E-state index in [0.717, 1.165) is 0 Å². The maximum absolute atomic E-state index is 13.2. The van der Waals surface area contributed by atoms with Gasteiger partial charge in [-0.2, -0.15) is 61.5 Å². The molecule has 0 aliphatic rings. The molecule has 0 spiro atoms. The molecule has 0 unspecified atom stereocenters. The van der Waals surface area contributed by atoms with Crippen LogP contribution in [-0.4, -0.2) is 67.5 Å². The molecule has 0 fully saturated rings. The van der Waals surface area contributed by atoms with E-state index in [1.54, 1.807) is 0 Å². The van der Waals surface area contributed by atoms with Crippen LogP contribution in [0, 0.1) is 0 Å². The van der Waals surface area contributed by atoms with E-state index >= 15 is 0 Å². The Labute approximate surface area is 182 Å². The third kappa shape index (κ3) is 5.14. The summed E-state index contributed by atoms with van der Waals surface area (Å²) in [5.41, 5.74) is 0. The van der Waals surface area contributed by atoms with Gasteiger partial charge in [0.05, 0.1) is 0 Å². The van der Waals surface area contributed by atoms with E-state index in [4.69, 9.17) is 0 Å². The summed E-state index contributed by atoms with van der Waals surface area (Å²) in [5, 5.41) is 0. The molecule has 22 heteroatoms. The smallest absolute Gasteiger partial charge is 0.726 e. The quantitative estimate of drug-likeness (QED) is 0.183. The fourth-order valence-electron chi connectivity index (χ4n) is 1.40. The molecule has 4 nitrogen and oxygen atoms in total. The summed E-state index contributed by atoms with van der Waals surface area (Å²) >= 11 is 0. The zero-order valence-corrected chi connectivity index (χ0v) is 16.7. The van der Waals surface area contributed by atoms with Gasteiger partial charge in [-0.05, 0) is 0 Å². The van der Waals surface area contributed by atoms with E-state index in [9.17, 15) is 83.2 Å². The molecule has 182 valence electrons. The van der Waals surface area contributed by atoms with Crippen molar-refractivity contribution in [1.82, 2.24) is 0 Å². The first kappa shape index (κ1) is 32.9. The molecule has 0 rings (SSSR count). The van der Waals surface area contributed by atoms with E-state index in [2.05, 4.69) is 4.18 Å². The Morgan fingerprint density at radius 3 is 1.23 bits per heavy atom. The first-order valence-corrected chi connectivity index (χ1v) is 7.51. The van der Waals surface area contributed by atoms with Crippen molar-refractivity contribution in [1.29, 1.82) is 0 Å². The average molecular weight is 534 g/mol. The second-order valence-corrected chi connectivity index (χ2v) is 6.22. The molecule has 0 saturated carbocycles. The maximum atomic E-state index is 13.2. The van der Waals surface area contributed by atoms with Gasteiger partial charge in [-0.25, -0.2) is 17.2 Å². The molecule has 0 heterocycles. The van der Waals surface area contributed by atoms with Crippen molar-refractivity contribution >= 4 is 10.4 Å². The van der Waals surface area contributed by atoms with Crippen LogP contribution in [0.1, 0.15) is 0 Å². The second-order valence-electron chi connectivity index (χ2n) is 5.17. The summed E-state index contributed by atoms with van der Waals surface area (Å²) in [6.07, 6.45) is -5.96. The minimum absolute atomic E-state index is 0. The molecule has 0 amide bonds. The van der Waals surface area contributed by atoms with Crippen LogP contribution in [-0.2, 0) is 14.6 Å². The van der Waals surface area contributed by atoms with Gasteiger partial charge in [0.2, 0.25) is 10.4 Å². The van der Waals surface area contributed by atoms with Gasteiger partial charge in [-0.15, -0.1) is 0 Å². The molecule has 0 aromatic rings. The van der Waals surface area contributed by atoms with Crippen LogP contribution in [0.15, 0.2) is 0 Å². The SMILES string of the molecule is O=S(=O)([O-])OCC(F)(F)C(F)(F)C(F)(F)C(F)(F)C(F)(F)C(F)(F)C(F)(F)C(F)F.[Na+]. The van der Waals surface area contributed by atoms with Crippen LogP contribution in [0.5, 0.6) is 0 Å². The van der Waals surface area contributed by atoms with Crippen molar-refractivity contribution in [3.63, 3.8) is 0 Å². The molecule has 0 saturated heterocycles. The zero-order valence-electron chi connectivity index (χ0n) is 13.9. The van der Waals surface area contributed by atoms with Crippen LogP contribution >= 0.6 is 0 Å². The van der Waals surface area contributed by atoms with E-state index in [0.29, 0.717) is 0 Å². The second kappa shape index (κ2) is 8.84. The topological polar surface area (TPSA) is 66.4 Å². The number of hydrogen-bond donors (Lipinski definition) is 0. The largest absolute Gasteiger partial charge is 1.00 e. The molecule has 0 N–H and O–H groups in total. The summed E-state index contributed by atoms with van der Waals surface area (Å²) in [6, 6.07) is 0. The predicted octanol–water partition coefficient (Wildman–Crippen LogP) is 1.18. The van der Waals surface area contributed by atoms with Gasteiger partial charge < -0.3 is 4.55 Å². The Morgan fingerprint density at radius 1 is 0.645 bits per heavy atom. The Hall–Kier alpha value is -0.250. The number of halogens is 16. The maximum Gasteiger partial charge on any atom is 1.00 e. The molecular weight excluding hydrogens is 531 g/mol. The molecule has 0 atom stereocenters. The van der Waals surface area contributed by atoms with Gasteiger partial charge >= 0.3 is 77.4 Å². The van der Waals surface area contributed by atoms with Gasteiger partial charge in [0.15, 0.2) is 0 Å². The third-order valence-electron chi connectivity index (χ3n) is 3.11. The third-order valence-corrected chi connectivity index (χ3v) is 3.52. The number of hydrogen-bond acceptors (Lipinski definition) is 4. The van der Waals surface area contributed by atoms with Crippen molar-refractivity contribution in [3.8, 4) is 0 Å². The molecule has 0 bridgehead atoms. The van der Waals surface area contributed by atoms with Crippen molar-refractivity contribution in [2.45, 2.75) is 47.9 Å². The van der Waals surface area contributed by atoms with Crippen LogP contribution in [0.4, 0.5) is 70.2 Å². The molecule has 0 aromatic heterocycles. The molecule has 0 aliphatic heterocycles. The number of rotatable bonds is 10. The Kier molecular flexibility index (Phi) is 9.39. The van der Waals surface area contributed by atoms with E-state index < -0.39 is 64.9 Å². The summed E-state index contributed by atoms with van der Waals surface area (Å²) in [4.78, 5) is 0. The van der Waals surface area contributed by atoms with E-state index in [-0.39, 0.29) is 29.6 Å². The van der Waals surface area contributed by atoms with Crippen molar-refractivity contribution in [2.24, 2.45) is 0 Å². The number of alkyl halides is 16. The van der Waals surface area contributed by atoms with Crippen LogP contribution < -0.4 is 29.6 Å². The van der Waals surface area contributed by atoms with E-state index in [1.165, 1.54) is 0 Å². The van der Waals surface area contributed by atoms with Gasteiger partial charge in [-0.3, -0.25) is 4.18 Å². The molecule has 0 radical (unpaired) electrons. The zero-order chi connectivity index (χ0) is 25.0. The summed E-state index contributed by atoms with van der Waals surface area (Å²) in [7, 11) is -6.43. The van der Waals surface area contributed by atoms with Crippen LogP contribution in [0.2, 0.25) is 0 Å². The van der Waals surface area contributed by atoms with Crippen molar-refractivity contribution in [2.75, 3.05) is 6.61 Å². The molecule has 31 heavy (non-hydrogen) atoms. The molecular formula is C9H3F16NaO4S. The van der Waals surface area contributed by atoms with Gasteiger partial charge in [-0.1, -0.05) is 0 Å². The Bertz CT molecular complexity index is 735. The standard InChI is InChI=1S/C9H4F16O4S.Na/c10-2(11)4(14,15)6(18,19)8(22,23)9(24,25)7(20,21)5(16,17)3(12,13)1-29-30(26,27)28;/h2H,1H2,(H,26,27,28);/q;+1/p-1. The average Bonchev–Trinajstić information content (AvgIpc) is 2.51. The van der Waals surface area contributed by atoms with Crippen LogP contribution in [0.3, 0.4) is 0 Å².